The van der Waals surface area contributed by atoms with Gasteiger partial charge in [0.15, 0.2) is 0 Å². The first kappa shape index (κ1) is 19.3. The predicted molar refractivity (Wildman–Crippen MR) is 116 cm³/mol. The Hall–Kier alpha value is -2.44. The van der Waals surface area contributed by atoms with Crippen LogP contribution in [0.2, 0.25) is 0 Å². The van der Waals surface area contributed by atoms with Crippen molar-refractivity contribution in [1.82, 2.24) is 0 Å². The molecule has 0 aromatic heterocycles. The molecular formula is C24H27O2P. The first-order valence-corrected chi connectivity index (χ1v) is 12.6. The van der Waals surface area contributed by atoms with Crippen LogP contribution >= 0.6 is 6.83 Å². The Bertz CT molecular complexity index is 813. The fourth-order valence-electron chi connectivity index (χ4n) is 4.38. The standard InChI is InChI=1S/C24H27O2P/c1-20(25)26-27(2,3,4)24(21-14-8-5-9-15-21,22-16-10-6-11-17-22)23-18-12-7-13-19-23/h5-19H,1-4H3. The van der Waals surface area contributed by atoms with Crippen LogP contribution in [0.4, 0.5) is 0 Å². The van der Waals surface area contributed by atoms with Crippen LogP contribution < -0.4 is 0 Å². The number of benzene rings is 3. The Morgan fingerprint density at radius 1 is 0.667 bits per heavy atom. The van der Waals surface area contributed by atoms with Crippen LogP contribution in [-0.4, -0.2) is 26.0 Å². The molecule has 3 aromatic rings. The predicted octanol–water partition coefficient (Wildman–Crippen LogP) is 5.90. The maximum atomic E-state index is 12.2. The summed E-state index contributed by atoms with van der Waals surface area (Å²) in [7, 11) is 0. The molecule has 2 nitrogen and oxygen atoms in total. The molecule has 0 amide bonds. The van der Waals surface area contributed by atoms with Crippen LogP contribution in [0, 0.1) is 0 Å². The van der Waals surface area contributed by atoms with Crippen molar-refractivity contribution in [3.05, 3.63) is 108 Å². The molecule has 3 aromatic carbocycles. The van der Waals surface area contributed by atoms with Gasteiger partial charge >= 0.3 is 162 Å². The molecule has 0 fully saturated rings. The van der Waals surface area contributed by atoms with E-state index in [1.54, 1.807) is 0 Å². The number of carbonyl (C=O) groups is 1. The van der Waals surface area contributed by atoms with E-state index in [2.05, 4.69) is 92.8 Å². The number of carbonyl (C=O) groups excluding carboxylic acids is 1. The zero-order valence-corrected chi connectivity index (χ0v) is 17.3. The molecule has 0 spiro atoms. The summed E-state index contributed by atoms with van der Waals surface area (Å²) in [5.41, 5.74) is 3.40. The second kappa shape index (κ2) is 6.94. The van der Waals surface area contributed by atoms with Crippen molar-refractivity contribution in [3.8, 4) is 0 Å². The number of rotatable bonds is 5. The second-order valence-corrected chi connectivity index (χ2v) is 14.2. The van der Waals surface area contributed by atoms with Gasteiger partial charge in [0, 0.05) is 0 Å². The SMILES string of the molecule is CC(=O)OP(C)(C)(C)C(c1ccccc1)(c1ccccc1)c1ccccc1. The van der Waals surface area contributed by atoms with Crippen LogP contribution in [0.25, 0.3) is 0 Å². The molecule has 0 radical (unpaired) electrons. The Balaban J connectivity index is 2.50. The topological polar surface area (TPSA) is 26.3 Å². The van der Waals surface area contributed by atoms with Crippen molar-refractivity contribution in [2.75, 3.05) is 20.0 Å². The molecule has 3 heteroatoms. The molecule has 0 saturated carbocycles. The fourth-order valence-corrected chi connectivity index (χ4v) is 8.50. The van der Waals surface area contributed by atoms with Gasteiger partial charge in [-0.1, -0.05) is 0 Å². The summed E-state index contributed by atoms with van der Waals surface area (Å²) < 4.78 is 6.25. The molecule has 3 rings (SSSR count). The molecule has 0 saturated heterocycles. The van der Waals surface area contributed by atoms with Gasteiger partial charge in [0.25, 0.3) is 0 Å². The first-order chi connectivity index (χ1) is 12.8. The summed E-state index contributed by atoms with van der Waals surface area (Å²) in [5.74, 6) is -0.243. The molecule has 0 aliphatic heterocycles. The van der Waals surface area contributed by atoms with Crippen molar-refractivity contribution in [1.29, 1.82) is 0 Å². The van der Waals surface area contributed by atoms with E-state index in [0.29, 0.717) is 0 Å². The average Bonchev–Trinajstić information content (AvgIpc) is 2.63. The molecule has 0 atom stereocenters. The Labute approximate surface area is 162 Å². The van der Waals surface area contributed by atoms with Crippen LogP contribution in [0.15, 0.2) is 91.0 Å². The van der Waals surface area contributed by atoms with Crippen molar-refractivity contribution in [3.63, 3.8) is 0 Å². The van der Waals surface area contributed by atoms with Gasteiger partial charge in [-0.05, 0) is 0 Å². The van der Waals surface area contributed by atoms with Crippen LogP contribution in [0.5, 0.6) is 0 Å². The molecule has 0 bridgehead atoms. The van der Waals surface area contributed by atoms with E-state index in [0.717, 1.165) is 16.7 Å². The second-order valence-electron chi connectivity index (χ2n) is 8.04. The molecule has 0 aliphatic carbocycles. The van der Waals surface area contributed by atoms with Crippen LogP contribution in [0.1, 0.15) is 23.6 Å². The maximum absolute atomic E-state index is 12.2. The van der Waals surface area contributed by atoms with Crippen molar-refractivity contribution < 1.29 is 9.32 Å². The van der Waals surface area contributed by atoms with Gasteiger partial charge in [-0.15, -0.1) is 0 Å². The summed E-state index contributed by atoms with van der Waals surface area (Å²) in [6.45, 7) is 4.80. The summed E-state index contributed by atoms with van der Waals surface area (Å²) >= 11 is 0. The van der Waals surface area contributed by atoms with E-state index in [1.165, 1.54) is 6.92 Å². The first-order valence-electron chi connectivity index (χ1n) is 9.14. The fraction of sp³-hybridized carbons (Fsp3) is 0.208. The summed E-state index contributed by atoms with van der Waals surface area (Å²) in [4.78, 5) is 12.2. The molecular weight excluding hydrogens is 351 g/mol. The zero-order chi connectivity index (χ0) is 19.6. The average molecular weight is 378 g/mol. The zero-order valence-electron chi connectivity index (χ0n) is 16.4. The minimum atomic E-state index is -3.12. The van der Waals surface area contributed by atoms with Crippen molar-refractivity contribution in [2.24, 2.45) is 0 Å². The monoisotopic (exact) mass is 378 g/mol. The summed E-state index contributed by atoms with van der Waals surface area (Å²) in [6, 6.07) is 31.2. The third-order valence-corrected chi connectivity index (χ3v) is 9.12. The van der Waals surface area contributed by atoms with E-state index < -0.39 is 12.0 Å². The Morgan fingerprint density at radius 3 is 1.22 bits per heavy atom. The summed E-state index contributed by atoms with van der Waals surface area (Å²) in [6.07, 6.45) is 0. The van der Waals surface area contributed by atoms with E-state index in [4.69, 9.17) is 4.52 Å². The van der Waals surface area contributed by atoms with Gasteiger partial charge in [0.2, 0.25) is 0 Å². The molecule has 0 N–H and O–H groups in total. The van der Waals surface area contributed by atoms with E-state index in [1.807, 2.05) is 18.2 Å². The van der Waals surface area contributed by atoms with Gasteiger partial charge in [-0.2, -0.15) is 0 Å². The molecule has 0 aliphatic rings. The third kappa shape index (κ3) is 3.31. The Morgan fingerprint density at radius 2 is 0.963 bits per heavy atom. The minimum absolute atomic E-state index is 0.243. The van der Waals surface area contributed by atoms with Crippen molar-refractivity contribution in [2.45, 2.75) is 12.1 Å². The molecule has 0 heterocycles. The van der Waals surface area contributed by atoms with E-state index in [9.17, 15) is 4.79 Å². The van der Waals surface area contributed by atoms with E-state index in [-0.39, 0.29) is 5.97 Å². The van der Waals surface area contributed by atoms with Crippen LogP contribution in [-0.2, 0) is 14.5 Å². The third-order valence-electron chi connectivity index (χ3n) is 5.17. The van der Waals surface area contributed by atoms with Gasteiger partial charge in [0.05, 0.1) is 0 Å². The normalized spacial score (nSPS) is 13.4. The molecule has 140 valence electrons. The van der Waals surface area contributed by atoms with Crippen molar-refractivity contribution >= 4 is 12.8 Å². The molecule has 27 heavy (non-hydrogen) atoms. The number of hydrogen-bond acceptors (Lipinski definition) is 2. The van der Waals surface area contributed by atoms with Gasteiger partial charge in [-0.3, -0.25) is 0 Å². The number of hydrogen-bond donors (Lipinski definition) is 0. The summed E-state index contributed by atoms with van der Waals surface area (Å²) in [5, 5.41) is -0.568. The van der Waals surface area contributed by atoms with E-state index >= 15 is 0 Å². The van der Waals surface area contributed by atoms with Gasteiger partial charge < -0.3 is 0 Å². The van der Waals surface area contributed by atoms with Gasteiger partial charge in [0.1, 0.15) is 0 Å². The Kier molecular flexibility index (Phi) is 4.97. The van der Waals surface area contributed by atoms with Gasteiger partial charge in [-0.25, -0.2) is 0 Å². The molecule has 0 unspecified atom stereocenters. The quantitative estimate of drug-likeness (QED) is 0.408. The van der Waals surface area contributed by atoms with Crippen LogP contribution in [0.3, 0.4) is 0 Å².